The van der Waals surface area contributed by atoms with Crippen molar-refractivity contribution in [3.05, 3.63) is 82.6 Å². The van der Waals surface area contributed by atoms with Crippen LogP contribution in [0.5, 0.6) is 0 Å². The lowest BCUT2D eigenvalue weighted by Crippen LogP contribution is -2.51. The summed E-state index contributed by atoms with van der Waals surface area (Å²) in [4.78, 5) is 73.1. The van der Waals surface area contributed by atoms with Crippen molar-refractivity contribution >= 4 is 35.0 Å². The molecule has 14 heteroatoms. The van der Waals surface area contributed by atoms with Gasteiger partial charge < -0.3 is 39.9 Å². The second-order valence-electron chi connectivity index (χ2n) is 20.6. The van der Waals surface area contributed by atoms with Crippen LogP contribution in [-0.4, -0.2) is 93.1 Å². The number of hydrogen-bond acceptors (Lipinski definition) is 8. The fraction of sp³-hybridized carbons (Fsp3) is 0.519. The SMILES string of the molecule is COC(=O)N[C@H](C(=O)N1CCC[C@H]1c1ncc(-c2ccc(-c3ccc(-c4ccc5nc([C@@H]6CCCN6C(=O)[C@@H](NC(=O)OC)C(C)C)[nH]c5c4)c4c3CCC43CCCC3)c3c2CCC3)[nH]1)C(C)C. The number of rotatable bonds is 11. The third kappa shape index (κ3) is 8.00. The molecule has 4 amide bonds. The summed E-state index contributed by atoms with van der Waals surface area (Å²) in [6.45, 7) is 8.95. The number of nitrogens with zero attached hydrogens (tertiary/aromatic N) is 4. The van der Waals surface area contributed by atoms with E-state index in [4.69, 9.17) is 19.4 Å². The van der Waals surface area contributed by atoms with E-state index in [1.165, 1.54) is 96.4 Å². The average Bonchev–Trinajstić information content (AvgIpc) is 4.20. The number of hydrogen-bond donors (Lipinski definition) is 4. The van der Waals surface area contributed by atoms with Crippen molar-refractivity contribution in [2.24, 2.45) is 11.8 Å². The smallest absolute Gasteiger partial charge is 0.407 e. The topological polar surface area (TPSA) is 175 Å². The van der Waals surface area contributed by atoms with Gasteiger partial charge in [-0.15, -0.1) is 0 Å². The van der Waals surface area contributed by atoms with Gasteiger partial charge in [-0.05, 0) is 145 Å². The summed E-state index contributed by atoms with van der Waals surface area (Å²) in [6, 6.07) is 14.2. The number of benzene rings is 3. The van der Waals surface area contributed by atoms with E-state index in [2.05, 4.69) is 63.1 Å². The van der Waals surface area contributed by atoms with E-state index >= 15 is 0 Å². The molecule has 4 atom stereocenters. The van der Waals surface area contributed by atoms with Gasteiger partial charge in [0.25, 0.3) is 0 Å². The van der Waals surface area contributed by atoms with E-state index in [1.807, 2.05) is 43.7 Å². The summed E-state index contributed by atoms with van der Waals surface area (Å²) in [5.74, 6) is 1.13. The molecular formula is C54H66N8O6. The first kappa shape index (κ1) is 45.6. The second-order valence-corrected chi connectivity index (χ2v) is 20.6. The zero-order valence-electron chi connectivity index (χ0n) is 40.4. The maximum atomic E-state index is 13.9. The standard InChI is InChI=1S/C54H66N8O6/c1-30(2)46(59-52(65)67-5)50(63)61-26-10-14-43(61)48-55-29-42(58-48)38-20-19-36(34-12-9-13-35(34)38)37-18-17-33(45-39(37)22-25-54(45)23-7-8-24-54)32-16-21-40-41(28-32)57-49(56-40)44-15-11-27-62(44)51(64)47(31(3)4)60-53(66)68-6/h16-21,28-31,43-44,46-47H,7-15,22-27H2,1-6H3,(H,55,58)(H,56,57)(H,59,65)(H,60,66)/t43-,44-,46-,47-/m0/s1. The highest BCUT2D eigenvalue weighted by Gasteiger charge is 2.44. The Balaban J connectivity index is 0.954. The van der Waals surface area contributed by atoms with Crippen LogP contribution in [-0.2, 0) is 43.7 Å². The van der Waals surface area contributed by atoms with Crippen LogP contribution in [0.2, 0.25) is 0 Å². The van der Waals surface area contributed by atoms with Crippen LogP contribution in [0.4, 0.5) is 9.59 Å². The third-order valence-corrected chi connectivity index (χ3v) is 16.0. The fourth-order valence-corrected chi connectivity index (χ4v) is 12.6. The van der Waals surface area contributed by atoms with Crippen LogP contribution < -0.4 is 10.6 Å². The molecule has 0 radical (unpaired) electrons. The summed E-state index contributed by atoms with van der Waals surface area (Å²) in [7, 11) is 2.63. The Labute approximate surface area is 398 Å². The highest BCUT2D eigenvalue weighted by molar-refractivity contribution is 5.89. The maximum absolute atomic E-state index is 13.9. The van der Waals surface area contributed by atoms with Gasteiger partial charge in [-0.25, -0.2) is 19.6 Å². The monoisotopic (exact) mass is 923 g/mol. The van der Waals surface area contributed by atoms with Crippen LogP contribution in [0.25, 0.3) is 44.5 Å². The van der Waals surface area contributed by atoms with Crippen molar-refractivity contribution in [2.45, 2.75) is 141 Å². The van der Waals surface area contributed by atoms with Crippen LogP contribution >= 0.6 is 0 Å². The molecular weight excluding hydrogens is 857 g/mol. The molecule has 2 saturated heterocycles. The summed E-state index contributed by atoms with van der Waals surface area (Å²) in [5.41, 5.74) is 15.2. The Morgan fingerprint density at radius 2 is 1.24 bits per heavy atom. The van der Waals surface area contributed by atoms with Gasteiger partial charge in [0.2, 0.25) is 11.8 Å². The summed E-state index contributed by atoms with van der Waals surface area (Å²) < 4.78 is 9.69. The van der Waals surface area contributed by atoms with Gasteiger partial charge in [0.1, 0.15) is 23.7 Å². The number of aromatic amines is 2. The van der Waals surface area contributed by atoms with Gasteiger partial charge in [-0.2, -0.15) is 0 Å². The van der Waals surface area contributed by atoms with Gasteiger partial charge in [0, 0.05) is 18.7 Å². The number of carbonyl (C=O) groups excluding carboxylic acids is 4. The lowest BCUT2D eigenvalue weighted by Gasteiger charge is -2.30. The van der Waals surface area contributed by atoms with Gasteiger partial charge in [-0.1, -0.05) is 70.9 Å². The molecule has 14 nitrogen and oxygen atoms in total. The molecule has 4 heterocycles. The third-order valence-electron chi connectivity index (χ3n) is 16.0. The number of nitrogens with one attached hydrogen (secondary N) is 4. The molecule has 3 aromatic carbocycles. The van der Waals surface area contributed by atoms with E-state index < -0.39 is 24.3 Å². The molecule has 5 aliphatic rings. The van der Waals surface area contributed by atoms with Crippen molar-refractivity contribution in [2.75, 3.05) is 27.3 Å². The first-order valence-electron chi connectivity index (χ1n) is 25.1. The van der Waals surface area contributed by atoms with Crippen molar-refractivity contribution < 1.29 is 28.7 Å². The maximum Gasteiger partial charge on any atom is 0.407 e. The number of fused-ring (bicyclic) bond motifs is 4. The number of carbonyl (C=O) groups is 4. The van der Waals surface area contributed by atoms with Gasteiger partial charge in [0.05, 0.1) is 49.2 Å². The van der Waals surface area contributed by atoms with Gasteiger partial charge in [-0.3, -0.25) is 9.59 Å². The molecule has 4 N–H and O–H groups in total. The van der Waals surface area contributed by atoms with Gasteiger partial charge >= 0.3 is 12.2 Å². The Morgan fingerprint density at radius 3 is 1.85 bits per heavy atom. The van der Waals surface area contributed by atoms with E-state index in [1.54, 1.807) is 0 Å². The number of methoxy groups -OCH3 is 2. The van der Waals surface area contributed by atoms with Crippen molar-refractivity contribution in [1.29, 1.82) is 0 Å². The van der Waals surface area contributed by atoms with Crippen molar-refractivity contribution in [1.82, 2.24) is 40.4 Å². The fourth-order valence-electron chi connectivity index (χ4n) is 12.6. The lowest BCUT2D eigenvalue weighted by molar-refractivity contribution is -0.136. The number of alkyl carbamates (subject to hydrolysis) is 2. The molecule has 1 saturated carbocycles. The Kier molecular flexibility index (Phi) is 12.3. The average molecular weight is 923 g/mol. The largest absolute Gasteiger partial charge is 0.453 e. The van der Waals surface area contributed by atoms with E-state index in [0.29, 0.717) is 13.1 Å². The molecule has 3 aliphatic carbocycles. The first-order chi connectivity index (χ1) is 32.9. The Bertz CT molecular complexity index is 2770. The second kappa shape index (κ2) is 18.4. The number of amides is 4. The normalized spacial score (nSPS) is 20.4. The van der Waals surface area contributed by atoms with E-state index in [9.17, 15) is 19.2 Å². The quantitative estimate of drug-likeness (QED) is 0.101. The first-order valence-corrected chi connectivity index (χ1v) is 25.1. The zero-order chi connectivity index (χ0) is 47.4. The molecule has 0 unspecified atom stereocenters. The number of imidazole rings is 2. The van der Waals surface area contributed by atoms with Crippen LogP contribution in [0, 0.1) is 11.8 Å². The number of likely N-dealkylation sites (tertiary alicyclic amines) is 2. The number of aromatic nitrogens is 4. The predicted octanol–water partition coefficient (Wildman–Crippen LogP) is 9.62. The summed E-state index contributed by atoms with van der Waals surface area (Å²) >= 11 is 0. The summed E-state index contributed by atoms with van der Waals surface area (Å²) in [5, 5.41) is 5.52. The molecule has 3 fully saturated rings. The van der Waals surface area contributed by atoms with Crippen LogP contribution in [0.15, 0.2) is 48.7 Å². The minimum Gasteiger partial charge on any atom is -0.453 e. The van der Waals surface area contributed by atoms with Crippen molar-refractivity contribution in [3.63, 3.8) is 0 Å². The molecule has 5 aromatic rings. The highest BCUT2D eigenvalue weighted by atomic mass is 16.5. The van der Waals surface area contributed by atoms with Crippen LogP contribution in [0.3, 0.4) is 0 Å². The van der Waals surface area contributed by atoms with Crippen molar-refractivity contribution in [3.8, 4) is 33.5 Å². The van der Waals surface area contributed by atoms with Crippen LogP contribution in [0.1, 0.15) is 138 Å². The minimum absolute atomic E-state index is 0.101. The summed E-state index contributed by atoms with van der Waals surface area (Å²) in [6.07, 6.45) is 14.3. The highest BCUT2D eigenvalue weighted by Crippen LogP contribution is 2.56. The molecule has 358 valence electrons. The van der Waals surface area contributed by atoms with E-state index in [-0.39, 0.29) is 41.1 Å². The minimum atomic E-state index is -0.688. The number of H-pyrrole nitrogens is 2. The Morgan fingerprint density at radius 1 is 0.662 bits per heavy atom. The molecule has 2 aliphatic heterocycles. The van der Waals surface area contributed by atoms with E-state index in [0.717, 1.165) is 79.7 Å². The molecule has 1 spiro atoms. The van der Waals surface area contributed by atoms with Gasteiger partial charge in [0.15, 0.2) is 0 Å². The molecule has 68 heavy (non-hydrogen) atoms. The predicted molar refractivity (Wildman–Crippen MR) is 261 cm³/mol. The lowest BCUT2D eigenvalue weighted by atomic mass is 9.76. The Hall–Kier alpha value is -6.18. The zero-order valence-corrected chi connectivity index (χ0v) is 40.4. The molecule has 10 rings (SSSR count). The molecule has 2 aromatic heterocycles. The number of ether oxygens (including phenoxy) is 2. The molecule has 0 bridgehead atoms.